The van der Waals surface area contributed by atoms with Gasteiger partial charge in [0.05, 0.1) is 43.4 Å². The van der Waals surface area contributed by atoms with Gasteiger partial charge in [0.1, 0.15) is 11.8 Å². The summed E-state index contributed by atoms with van der Waals surface area (Å²) < 4.78 is 6.64. The first-order chi connectivity index (χ1) is 11.6. The van der Waals surface area contributed by atoms with Gasteiger partial charge in [0.15, 0.2) is 0 Å². The van der Waals surface area contributed by atoms with E-state index in [1.807, 2.05) is 6.07 Å². The second-order valence-corrected chi connectivity index (χ2v) is 4.79. The third-order valence-corrected chi connectivity index (χ3v) is 3.25. The molecule has 2 aromatic rings. The Labute approximate surface area is 138 Å². The molecule has 0 amide bonds. The average molecular weight is 321 g/mol. The summed E-state index contributed by atoms with van der Waals surface area (Å²) in [5.41, 5.74) is 1.20. The SMILES string of the molecule is COc1ccc(-c2nn(CCC#N)cc2/C=C(/C#N)C(=O)[O-])cc1. The van der Waals surface area contributed by atoms with Gasteiger partial charge in [-0.1, -0.05) is 0 Å². The third-order valence-electron chi connectivity index (χ3n) is 3.25. The third kappa shape index (κ3) is 3.79. The summed E-state index contributed by atoms with van der Waals surface area (Å²) in [5.74, 6) is -0.879. The van der Waals surface area contributed by atoms with Crippen LogP contribution in [0.4, 0.5) is 0 Å². The Morgan fingerprint density at radius 3 is 2.62 bits per heavy atom. The van der Waals surface area contributed by atoms with Gasteiger partial charge in [-0.25, -0.2) is 0 Å². The number of carbonyl (C=O) groups excluding carboxylic acids is 1. The number of methoxy groups -OCH3 is 1. The minimum absolute atomic E-state index is 0.262. The number of aryl methyl sites for hydroxylation is 1. The quantitative estimate of drug-likeness (QED) is 0.582. The van der Waals surface area contributed by atoms with Crippen molar-refractivity contribution in [3.05, 3.63) is 41.6 Å². The smallest absolute Gasteiger partial charge is 0.118 e. The van der Waals surface area contributed by atoms with Gasteiger partial charge >= 0.3 is 0 Å². The Morgan fingerprint density at radius 1 is 1.38 bits per heavy atom. The van der Waals surface area contributed by atoms with Crippen LogP contribution in [-0.2, 0) is 11.3 Å². The highest BCUT2D eigenvalue weighted by Crippen LogP contribution is 2.26. The van der Waals surface area contributed by atoms with E-state index in [1.165, 1.54) is 6.08 Å². The van der Waals surface area contributed by atoms with E-state index >= 15 is 0 Å². The van der Waals surface area contributed by atoms with Crippen LogP contribution < -0.4 is 9.84 Å². The molecule has 0 radical (unpaired) electrons. The highest BCUT2D eigenvalue weighted by Gasteiger charge is 2.11. The number of aromatic nitrogens is 2. The van der Waals surface area contributed by atoms with Crippen LogP contribution in [0.2, 0.25) is 0 Å². The van der Waals surface area contributed by atoms with Crippen molar-refractivity contribution in [2.24, 2.45) is 0 Å². The number of benzene rings is 1. The Hall–Kier alpha value is -3.58. The van der Waals surface area contributed by atoms with Crippen LogP contribution in [0.1, 0.15) is 12.0 Å². The Balaban J connectivity index is 2.51. The van der Waals surface area contributed by atoms with E-state index < -0.39 is 11.5 Å². The fourth-order valence-corrected chi connectivity index (χ4v) is 2.09. The molecule has 0 aliphatic rings. The lowest BCUT2D eigenvalue weighted by Gasteiger charge is -2.03. The fourth-order valence-electron chi connectivity index (χ4n) is 2.09. The summed E-state index contributed by atoms with van der Waals surface area (Å²) in [6, 6.07) is 10.7. The molecule has 120 valence electrons. The zero-order valence-corrected chi connectivity index (χ0v) is 12.9. The van der Waals surface area contributed by atoms with Gasteiger partial charge in [-0.15, -0.1) is 0 Å². The summed E-state index contributed by atoms with van der Waals surface area (Å²) in [6.07, 6.45) is 3.07. The lowest BCUT2D eigenvalue weighted by molar-refractivity contribution is -0.298. The molecule has 7 nitrogen and oxygen atoms in total. The van der Waals surface area contributed by atoms with Crippen molar-refractivity contribution in [3.63, 3.8) is 0 Å². The first-order valence-corrected chi connectivity index (χ1v) is 7.01. The van der Waals surface area contributed by atoms with Gasteiger partial charge in [-0.05, 0) is 30.3 Å². The summed E-state index contributed by atoms with van der Waals surface area (Å²) in [4.78, 5) is 11.0. The summed E-state index contributed by atoms with van der Waals surface area (Å²) >= 11 is 0. The zero-order valence-electron chi connectivity index (χ0n) is 12.9. The number of carboxylic acid groups (broad SMARTS) is 1. The topological polar surface area (TPSA) is 115 Å². The van der Waals surface area contributed by atoms with Crippen molar-refractivity contribution in [1.29, 1.82) is 10.5 Å². The van der Waals surface area contributed by atoms with Crippen molar-refractivity contribution in [1.82, 2.24) is 9.78 Å². The molecular formula is C17H13N4O3-. The molecule has 0 bridgehead atoms. The number of hydrogen-bond donors (Lipinski definition) is 0. The molecule has 0 aliphatic carbocycles. The molecule has 24 heavy (non-hydrogen) atoms. The number of aliphatic carboxylic acids is 1. The summed E-state index contributed by atoms with van der Waals surface area (Å²) in [7, 11) is 1.55. The fraction of sp³-hybridized carbons (Fsp3) is 0.176. The molecule has 0 N–H and O–H groups in total. The van der Waals surface area contributed by atoms with Gasteiger partial charge in [-0.2, -0.15) is 15.6 Å². The molecule has 1 heterocycles. The standard InChI is InChI=1S/C17H14N4O3/c1-24-15-5-3-12(4-6-15)16-14(9-13(10-19)17(22)23)11-21(20-16)8-2-7-18/h3-6,9,11H,2,8H2,1H3,(H,22,23)/p-1/b13-9-. The molecule has 0 aliphatic heterocycles. The van der Waals surface area contributed by atoms with Crippen molar-refractivity contribution >= 4 is 12.0 Å². The molecule has 0 spiro atoms. The molecule has 2 rings (SSSR count). The van der Waals surface area contributed by atoms with Gasteiger partial charge in [0, 0.05) is 17.3 Å². The van der Waals surface area contributed by atoms with Gasteiger partial charge in [-0.3, -0.25) is 4.68 Å². The largest absolute Gasteiger partial charge is 0.544 e. The molecule has 0 saturated carbocycles. The predicted octanol–water partition coefficient (Wildman–Crippen LogP) is 1.13. The minimum atomic E-state index is -1.55. The molecule has 0 unspecified atom stereocenters. The summed E-state index contributed by atoms with van der Waals surface area (Å²) in [6.45, 7) is 0.362. The first kappa shape index (κ1) is 16.8. The summed E-state index contributed by atoms with van der Waals surface area (Å²) in [5, 5.41) is 32.9. The molecule has 1 aromatic heterocycles. The Morgan fingerprint density at radius 2 is 2.08 bits per heavy atom. The number of carboxylic acids is 1. The number of hydrogen-bond acceptors (Lipinski definition) is 6. The van der Waals surface area contributed by atoms with E-state index in [4.69, 9.17) is 15.3 Å². The number of rotatable bonds is 6. The number of nitrogens with zero attached hydrogens (tertiary/aromatic N) is 4. The van der Waals surface area contributed by atoms with Crippen LogP contribution in [0.15, 0.2) is 36.0 Å². The first-order valence-electron chi connectivity index (χ1n) is 7.01. The van der Waals surface area contributed by atoms with E-state index in [1.54, 1.807) is 48.3 Å². The molecule has 7 heteroatoms. The van der Waals surface area contributed by atoms with Crippen LogP contribution in [-0.4, -0.2) is 22.9 Å². The molecule has 0 saturated heterocycles. The predicted molar refractivity (Wildman–Crippen MR) is 83.0 cm³/mol. The van der Waals surface area contributed by atoms with E-state index in [0.29, 0.717) is 23.6 Å². The lowest BCUT2D eigenvalue weighted by Crippen LogP contribution is -2.23. The molecular weight excluding hydrogens is 308 g/mol. The van der Waals surface area contributed by atoms with Crippen molar-refractivity contribution in [3.8, 4) is 29.1 Å². The minimum Gasteiger partial charge on any atom is -0.544 e. The lowest BCUT2D eigenvalue weighted by atomic mass is 10.1. The maximum absolute atomic E-state index is 11.0. The highest BCUT2D eigenvalue weighted by atomic mass is 16.5. The Bertz CT molecular complexity index is 851. The second kappa shape index (κ2) is 7.61. The number of ether oxygens (including phenoxy) is 1. The molecule has 0 atom stereocenters. The van der Waals surface area contributed by atoms with Crippen LogP contribution in [0.3, 0.4) is 0 Å². The van der Waals surface area contributed by atoms with E-state index in [0.717, 1.165) is 5.56 Å². The van der Waals surface area contributed by atoms with Crippen molar-refractivity contribution in [2.75, 3.05) is 7.11 Å². The van der Waals surface area contributed by atoms with Gasteiger partial charge in [0.25, 0.3) is 0 Å². The van der Waals surface area contributed by atoms with Crippen molar-refractivity contribution in [2.45, 2.75) is 13.0 Å². The maximum Gasteiger partial charge on any atom is 0.118 e. The van der Waals surface area contributed by atoms with Crippen LogP contribution in [0, 0.1) is 22.7 Å². The maximum atomic E-state index is 11.0. The number of nitriles is 2. The Kier molecular flexibility index (Phi) is 5.32. The van der Waals surface area contributed by atoms with E-state index in [2.05, 4.69) is 5.10 Å². The monoisotopic (exact) mass is 321 g/mol. The van der Waals surface area contributed by atoms with Crippen LogP contribution >= 0.6 is 0 Å². The second-order valence-electron chi connectivity index (χ2n) is 4.79. The average Bonchev–Trinajstić information content (AvgIpc) is 3.00. The van der Waals surface area contributed by atoms with Crippen LogP contribution in [0.5, 0.6) is 5.75 Å². The highest BCUT2D eigenvalue weighted by molar-refractivity contribution is 5.96. The normalized spacial score (nSPS) is 10.7. The van der Waals surface area contributed by atoms with Crippen LogP contribution in [0.25, 0.3) is 17.3 Å². The van der Waals surface area contributed by atoms with Gasteiger partial charge < -0.3 is 14.6 Å². The van der Waals surface area contributed by atoms with Gasteiger partial charge in [0.2, 0.25) is 0 Å². The van der Waals surface area contributed by atoms with Crippen molar-refractivity contribution < 1.29 is 14.6 Å². The van der Waals surface area contributed by atoms with E-state index in [-0.39, 0.29) is 6.42 Å². The molecule has 1 aromatic carbocycles. The molecule has 0 fully saturated rings. The van der Waals surface area contributed by atoms with E-state index in [9.17, 15) is 9.90 Å². The zero-order chi connectivity index (χ0) is 17.5. The number of carbonyl (C=O) groups is 1.